The molecule has 1 aliphatic rings. The van der Waals surface area contributed by atoms with Crippen LogP contribution in [0.4, 0.5) is 5.13 Å². The van der Waals surface area contributed by atoms with Crippen molar-refractivity contribution in [2.24, 2.45) is 5.92 Å². The predicted octanol–water partition coefficient (Wildman–Crippen LogP) is 6.16. The number of furan rings is 1. The number of hydrogen-bond donors (Lipinski definition) is 0. The van der Waals surface area contributed by atoms with Gasteiger partial charge < -0.3 is 13.9 Å². The van der Waals surface area contributed by atoms with E-state index in [1.54, 1.807) is 60.7 Å². The van der Waals surface area contributed by atoms with Crippen molar-refractivity contribution in [3.63, 3.8) is 0 Å². The number of carbonyl (C=O) groups is 3. The lowest BCUT2D eigenvalue weighted by Crippen LogP contribution is -2.30. The Balaban J connectivity index is 1.45. The van der Waals surface area contributed by atoms with Crippen molar-refractivity contribution in [2.45, 2.75) is 13.0 Å². The standard InChI is InChI=1S/C31H24N2O6S/c1-3-15-38-20-11-9-18(10-12-20)27-26(28(34)24-16-19-7-5-6-8-23(19)39-24)29(35)30(36)33(27)31-32-22-14-13-21(37-4-2)17-25(22)40-31/h3,5-14,16-17,26-27H,1,4,15H2,2H3. The van der Waals surface area contributed by atoms with Crippen LogP contribution in [0.15, 0.2) is 89.9 Å². The summed E-state index contributed by atoms with van der Waals surface area (Å²) in [5, 5.41) is 1.05. The highest BCUT2D eigenvalue weighted by atomic mass is 32.1. The summed E-state index contributed by atoms with van der Waals surface area (Å²) in [4.78, 5) is 47.0. The maximum absolute atomic E-state index is 13.9. The summed E-state index contributed by atoms with van der Waals surface area (Å²) in [5.74, 6) is -2.19. The normalized spacial score (nSPS) is 17.1. The number of thiazole rings is 1. The minimum atomic E-state index is -1.32. The van der Waals surface area contributed by atoms with Crippen molar-refractivity contribution >= 4 is 55.1 Å². The van der Waals surface area contributed by atoms with E-state index in [1.807, 2.05) is 25.1 Å². The third-order valence-corrected chi connectivity index (χ3v) is 7.73. The van der Waals surface area contributed by atoms with E-state index in [1.165, 1.54) is 16.2 Å². The monoisotopic (exact) mass is 552 g/mol. The summed E-state index contributed by atoms with van der Waals surface area (Å²) in [6.07, 6.45) is 1.63. The van der Waals surface area contributed by atoms with Crippen LogP contribution in [0.3, 0.4) is 0 Å². The van der Waals surface area contributed by atoms with Gasteiger partial charge in [-0.15, -0.1) is 0 Å². The largest absolute Gasteiger partial charge is 0.494 e. The average molecular weight is 553 g/mol. The number of Topliss-reactive ketones (excluding diaryl/α,β-unsaturated/α-hetero) is 2. The smallest absolute Gasteiger partial charge is 0.297 e. The highest BCUT2D eigenvalue weighted by molar-refractivity contribution is 7.22. The van der Waals surface area contributed by atoms with Crippen molar-refractivity contribution in [1.29, 1.82) is 0 Å². The van der Waals surface area contributed by atoms with Gasteiger partial charge in [-0.05, 0) is 55.0 Å². The van der Waals surface area contributed by atoms with Gasteiger partial charge in [-0.25, -0.2) is 4.98 Å². The number of para-hydroxylation sites is 1. The molecule has 1 amide bonds. The van der Waals surface area contributed by atoms with Crippen LogP contribution in [-0.2, 0) is 9.59 Å². The van der Waals surface area contributed by atoms with Crippen molar-refractivity contribution in [3.05, 3.63) is 96.8 Å². The summed E-state index contributed by atoms with van der Waals surface area (Å²) in [5.41, 5.74) is 1.77. The first-order valence-electron chi connectivity index (χ1n) is 12.8. The van der Waals surface area contributed by atoms with E-state index in [2.05, 4.69) is 11.6 Å². The van der Waals surface area contributed by atoms with Gasteiger partial charge >= 0.3 is 0 Å². The molecule has 0 radical (unpaired) electrons. The highest BCUT2D eigenvalue weighted by Gasteiger charge is 2.54. The Morgan fingerprint density at radius 3 is 2.58 bits per heavy atom. The van der Waals surface area contributed by atoms with Crippen LogP contribution >= 0.6 is 11.3 Å². The molecule has 2 atom stereocenters. The van der Waals surface area contributed by atoms with Gasteiger partial charge in [0, 0.05) is 5.39 Å². The summed E-state index contributed by atoms with van der Waals surface area (Å²) < 4.78 is 17.8. The van der Waals surface area contributed by atoms with E-state index in [-0.39, 0.29) is 5.76 Å². The summed E-state index contributed by atoms with van der Waals surface area (Å²) in [6.45, 7) is 6.39. The van der Waals surface area contributed by atoms with E-state index in [0.29, 0.717) is 46.5 Å². The topological polar surface area (TPSA) is 98.9 Å². The molecule has 6 rings (SSSR count). The zero-order valence-electron chi connectivity index (χ0n) is 21.5. The molecule has 1 aliphatic heterocycles. The summed E-state index contributed by atoms with van der Waals surface area (Å²) in [6, 6.07) is 20.3. The number of fused-ring (bicyclic) bond motifs is 2. The number of carbonyl (C=O) groups excluding carboxylic acids is 3. The number of rotatable bonds is 9. The fourth-order valence-electron chi connectivity index (χ4n) is 4.91. The van der Waals surface area contributed by atoms with Gasteiger partial charge in [0.15, 0.2) is 10.9 Å². The van der Waals surface area contributed by atoms with Gasteiger partial charge in [0.05, 0.1) is 22.9 Å². The molecule has 200 valence electrons. The van der Waals surface area contributed by atoms with Gasteiger partial charge in [-0.1, -0.05) is 54.3 Å². The first kappa shape index (κ1) is 25.5. The van der Waals surface area contributed by atoms with Crippen molar-refractivity contribution in [3.8, 4) is 11.5 Å². The Morgan fingerprint density at radius 2 is 1.82 bits per heavy atom. The number of anilines is 1. The van der Waals surface area contributed by atoms with Crippen molar-refractivity contribution in [2.75, 3.05) is 18.1 Å². The first-order valence-corrected chi connectivity index (χ1v) is 13.6. The summed E-state index contributed by atoms with van der Waals surface area (Å²) in [7, 11) is 0. The zero-order chi connectivity index (χ0) is 27.8. The molecular formula is C31H24N2O6S. The molecule has 5 aromatic rings. The number of amides is 1. The third-order valence-electron chi connectivity index (χ3n) is 6.71. The third kappa shape index (κ3) is 4.44. The average Bonchev–Trinajstić information content (AvgIpc) is 3.66. The molecule has 3 heterocycles. The SMILES string of the molecule is C=CCOc1ccc(C2C(C(=O)c3cc4ccccc4o3)C(=O)C(=O)N2c2nc3ccc(OCC)cc3s2)cc1. The second-order valence-electron chi connectivity index (χ2n) is 9.20. The zero-order valence-corrected chi connectivity index (χ0v) is 22.4. The first-order chi connectivity index (χ1) is 19.5. The number of benzene rings is 3. The van der Waals surface area contributed by atoms with Crippen LogP contribution in [-0.4, -0.2) is 35.7 Å². The number of hydrogen-bond acceptors (Lipinski definition) is 8. The second-order valence-corrected chi connectivity index (χ2v) is 10.2. The fraction of sp³-hybridized carbons (Fsp3) is 0.161. The van der Waals surface area contributed by atoms with Crippen LogP contribution < -0.4 is 14.4 Å². The second kappa shape index (κ2) is 10.4. The van der Waals surface area contributed by atoms with Crippen molar-refractivity contribution < 1.29 is 28.3 Å². The molecule has 2 unspecified atom stereocenters. The van der Waals surface area contributed by atoms with Crippen LogP contribution in [0.2, 0.25) is 0 Å². The van der Waals surface area contributed by atoms with Gasteiger partial charge in [-0.3, -0.25) is 19.3 Å². The van der Waals surface area contributed by atoms with Gasteiger partial charge in [0.2, 0.25) is 11.6 Å². The molecular weight excluding hydrogens is 528 g/mol. The van der Waals surface area contributed by atoms with E-state index >= 15 is 0 Å². The molecule has 0 spiro atoms. The lowest BCUT2D eigenvalue weighted by Gasteiger charge is -2.25. The molecule has 9 heteroatoms. The minimum absolute atomic E-state index is 0.0239. The van der Waals surface area contributed by atoms with Crippen LogP contribution in [0.1, 0.15) is 29.1 Å². The predicted molar refractivity (Wildman–Crippen MR) is 152 cm³/mol. The molecule has 0 aliphatic carbocycles. The number of ether oxygens (including phenoxy) is 2. The Hall–Kier alpha value is -4.76. The Labute approximate surface area is 233 Å². The lowest BCUT2D eigenvalue weighted by molar-refractivity contribution is -0.135. The molecule has 1 fully saturated rings. The van der Waals surface area contributed by atoms with Crippen LogP contribution in [0, 0.1) is 5.92 Å². The minimum Gasteiger partial charge on any atom is -0.494 e. The van der Waals surface area contributed by atoms with E-state index in [9.17, 15) is 14.4 Å². The van der Waals surface area contributed by atoms with Crippen LogP contribution in [0.25, 0.3) is 21.2 Å². The highest BCUT2D eigenvalue weighted by Crippen LogP contribution is 2.44. The quantitative estimate of drug-likeness (QED) is 0.0934. The van der Waals surface area contributed by atoms with E-state index in [0.717, 1.165) is 10.1 Å². The molecule has 8 nitrogen and oxygen atoms in total. The molecule has 3 aromatic carbocycles. The fourth-order valence-corrected chi connectivity index (χ4v) is 5.93. The molecule has 0 saturated carbocycles. The van der Waals surface area contributed by atoms with Crippen molar-refractivity contribution in [1.82, 2.24) is 4.98 Å². The molecule has 2 aromatic heterocycles. The Morgan fingerprint density at radius 1 is 1.05 bits per heavy atom. The van der Waals surface area contributed by atoms with Crippen LogP contribution in [0.5, 0.6) is 11.5 Å². The number of aromatic nitrogens is 1. The molecule has 40 heavy (non-hydrogen) atoms. The lowest BCUT2D eigenvalue weighted by atomic mass is 9.88. The van der Waals surface area contributed by atoms with Gasteiger partial charge in [0.1, 0.15) is 29.6 Å². The number of nitrogens with zero attached hydrogens (tertiary/aromatic N) is 2. The Bertz CT molecular complexity index is 1740. The maximum Gasteiger partial charge on any atom is 0.297 e. The van der Waals surface area contributed by atoms with Gasteiger partial charge in [0.25, 0.3) is 5.91 Å². The summed E-state index contributed by atoms with van der Waals surface area (Å²) >= 11 is 1.26. The van der Waals surface area contributed by atoms with Gasteiger partial charge in [-0.2, -0.15) is 0 Å². The van der Waals surface area contributed by atoms with E-state index in [4.69, 9.17) is 13.9 Å². The molecule has 0 N–H and O–H groups in total. The number of ketones is 2. The molecule has 0 bridgehead atoms. The maximum atomic E-state index is 13.9. The Kier molecular flexibility index (Phi) is 6.65. The molecule has 1 saturated heterocycles. The van der Waals surface area contributed by atoms with E-state index < -0.39 is 29.4 Å².